The predicted molar refractivity (Wildman–Crippen MR) is 119 cm³/mol. The van der Waals surface area contributed by atoms with Crippen LogP contribution in [0.4, 0.5) is 5.69 Å². The third-order valence-electron chi connectivity index (χ3n) is 4.79. The Bertz CT molecular complexity index is 1100. The molecule has 3 aromatic rings. The van der Waals surface area contributed by atoms with Crippen LogP contribution in [0.15, 0.2) is 34.2 Å². The Morgan fingerprint density at radius 1 is 1.23 bits per heavy atom. The van der Waals surface area contributed by atoms with Crippen LogP contribution in [-0.4, -0.2) is 40.4 Å². The van der Waals surface area contributed by atoms with Crippen molar-refractivity contribution in [2.45, 2.75) is 38.4 Å². The third-order valence-corrected chi connectivity index (χ3v) is 5.74. The number of aromatic amines is 1. The number of methoxy groups -OCH3 is 2. The first-order chi connectivity index (χ1) is 14.4. The third kappa shape index (κ3) is 4.62. The number of fused-ring (bicyclic) bond motifs is 1. The lowest BCUT2D eigenvalue weighted by molar-refractivity contribution is -0.113. The van der Waals surface area contributed by atoms with Crippen molar-refractivity contribution in [1.29, 1.82) is 0 Å². The zero-order valence-corrected chi connectivity index (χ0v) is 18.6. The molecule has 0 radical (unpaired) electrons. The molecule has 30 heavy (non-hydrogen) atoms. The van der Waals surface area contributed by atoms with Crippen LogP contribution in [0, 0.1) is 6.92 Å². The molecule has 0 saturated carbocycles. The molecule has 2 N–H and O–H groups in total. The van der Waals surface area contributed by atoms with Crippen LogP contribution in [0.5, 0.6) is 11.5 Å². The normalized spacial score (nSPS) is 12.0. The van der Waals surface area contributed by atoms with Crippen LogP contribution in [0.1, 0.15) is 32.0 Å². The quantitative estimate of drug-likeness (QED) is 0.417. The van der Waals surface area contributed by atoms with E-state index in [9.17, 15) is 9.59 Å². The number of aromatic nitrogens is 3. The number of benzene rings is 1. The highest BCUT2D eigenvalue weighted by molar-refractivity contribution is 7.99. The summed E-state index contributed by atoms with van der Waals surface area (Å²) in [6, 6.07) is 6.96. The molecule has 0 saturated heterocycles. The molecular weight excluding hydrogens is 404 g/mol. The van der Waals surface area contributed by atoms with Crippen molar-refractivity contribution in [3.05, 3.63) is 40.3 Å². The monoisotopic (exact) mass is 430 g/mol. The van der Waals surface area contributed by atoms with Crippen LogP contribution in [0.2, 0.25) is 0 Å². The molecule has 0 unspecified atom stereocenters. The Morgan fingerprint density at radius 3 is 2.50 bits per heavy atom. The molecule has 1 atom stereocenters. The molecular formula is C21H26N4O4S. The maximum absolute atomic E-state index is 13.0. The highest BCUT2D eigenvalue weighted by Gasteiger charge is 2.18. The van der Waals surface area contributed by atoms with Crippen molar-refractivity contribution in [2.75, 3.05) is 25.3 Å². The van der Waals surface area contributed by atoms with Crippen molar-refractivity contribution in [3.8, 4) is 11.5 Å². The summed E-state index contributed by atoms with van der Waals surface area (Å²) in [5.74, 6) is 1.05. The number of nitrogens with one attached hydrogen (secondary N) is 2. The van der Waals surface area contributed by atoms with E-state index in [4.69, 9.17) is 9.47 Å². The van der Waals surface area contributed by atoms with Crippen LogP contribution in [-0.2, 0) is 4.79 Å². The topological polar surface area (TPSA) is 98.2 Å². The molecule has 0 aliphatic rings. The lowest BCUT2D eigenvalue weighted by Gasteiger charge is -2.17. The average molecular weight is 431 g/mol. The van der Waals surface area contributed by atoms with Crippen LogP contribution >= 0.6 is 11.8 Å². The lowest BCUT2D eigenvalue weighted by Crippen LogP contribution is -2.26. The fraction of sp³-hybridized carbons (Fsp3) is 0.381. The highest BCUT2D eigenvalue weighted by atomic mass is 32.2. The van der Waals surface area contributed by atoms with E-state index in [0.29, 0.717) is 33.4 Å². The molecule has 1 amide bonds. The Morgan fingerprint density at radius 2 is 1.90 bits per heavy atom. The maximum Gasteiger partial charge on any atom is 0.278 e. The van der Waals surface area contributed by atoms with Gasteiger partial charge in [0.1, 0.15) is 17.0 Å². The predicted octanol–water partition coefficient (Wildman–Crippen LogP) is 3.75. The number of H-pyrrole nitrogens is 1. The van der Waals surface area contributed by atoms with Gasteiger partial charge in [0.25, 0.3) is 5.56 Å². The number of anilines is 1. The second-order valence-electron chi connectivity index (χ2n) is 6.98. The Kier molecular flexibility index (Phi) is 6.71. The van der Waals surface area contributed by atoms with Crippen LogP contribution in [0.25, 0.3) is 11.0 Å². The van der Waals surface area contributed by atoms with Crippen molar-refractivity contribution in [2.24, 2.45) is 0 Å². The summed E-state index contributed by atoms with van der Waals surface area (Å²) >= 11 is 1.24. The molecule has 9 heteroatoms. The van der Waals surface area contributed by atoms with Gasteiger partial charge in [-0.15, -0.1) is 0 Å². The van der Waals surface area contributed by atoms with Crippen molar-refractivity contribution in [1.82, 2.24) is 14.5 Å². The SMILES string of the molecule is CC[C@@H](C)n1c(SCC(=O)Nc2cc(OC)cc(OC)c2)nc2cc(C)[nH]c2c1=O. The molecule has 1 aromatic carbocycles. The van der Waals surface area contributed by atoms with Gasteiger partial charge in [0.05, 0.1) is 25.5 Å². The van der Waals surface area contributed by atoms with E-state index in [1.165, 1.54) is 11.8 Å². The summed E-state index contributed by atoms with van der Waals surface area (Å²) < 4.78 is 12.1. The number of ether oxygens (including phenoxy) is 2. The summed E-state index contributed by atoms with van der Waals surface area (Å²) in [6.07, 6.45) is 0.774. The molecule has 0 aliphatic heterocycles. The van der Waals surface area contributed by atoms with Crippen molar-refractivity contribution in [3.63, 3.8) is 0 Å². The van der Waals surface area contributed by atoms with Gasteiger partial charge in [-0.3, -0.25) is 14.2 Å². The number of aryl methyl sites for hydroxylation is 1. The number of hydrogen-bond acceptors (Lipinski definition) is 6. The largest absolute Gasteiger partial charge is 0.497 e. The number of carbonyl (C=O) groups excluding carboxylic acids is 1. The summed E-state index contributed by atoms with van der Waals surface area (Å²) in [7, 11) is 3.10. The smallest absolute Gasteiger partial charge is 0.278 e. The number of thioether (sulfide) groups is 1. The van der Waals surface area contributed by atoms with E-state index in [1.54, 1.807) is 37.0 Å². The van der Waals surface area contributed by atoms with Crippen molar-refractivity contribution < 1.29 is 14.3 Å². The molecule has 0 spiro atoms. The van der Waals surface area contributed by atoms with Gasteiger partial charge < -0.3 is 19.8 Å². The van der Waals surface area contributed by atoms with E-state index < -0.39 is 0 Å². The number of nitrogens with zero attached hydrogens (tertiary/aromatic N) is 2. The van der Waals surface area contributed by atoms with Gasteiger partial charge in [-0.25, -0.2) is 4.98 Å². The second kappa shape index (κ2) is 9.25. The molecule has 2 heterocycles. The highest BCUT2D eigenvalue weighted by Crippen LogP contribution is 2.27. The van der Waals surface area contributed by atoms with Crippen LogP contribution in [0.3, 0.4) is 0 Å². The van der Waals surface area contributed by atoms with E-state index in [1.807, 2.05) is 26.8 Å². The minimum atomic E-state index is -0.217. The molecule has 0 aliphatic carbocycles. The molecule has 0 bridgehead atoms. The summed E-state index contributed by atoms with van der Waals surface area (Å²) in [6.45, 7) is 5.87. The van der Waals surface area contributed by atoms with Gasteiger partial charge >= 0.3 is 0 Å². The average Bonchev–Trinajstić information content (AvgIpc) is 3.12. The standard InChI is InChI=1S/C21H26N4O4S/c1-6-13(3)25-20(27)19-17(7-12(2)22-19)24-21(25)30-11-18(26)23-14-8-15(28-4)10-16(9-14)29-5/h7-10,13,22H,6,11H2,1-5H3,(H,23,26)/t13-/m1/s1. The van der Waals surface area contributed by atoms with Gasteiger partial charge in [-0.2, -0.15) is 0 Å². The fourth-order valence-corrected chi connectivity index (χ4v) is 3.97. The van der Waals surface area contributed by atoms with E-state index in [2.05, 4.69) is 15.3 Å². The number of hydrogen-bond donors (Lipinski definition) is 2. The van der Waals surface area contributed by atoms with Crippen molar-refractivity contribution >= 4 is 34.4 Å². The van der Waals surface area contributed by atoms with Gasteiger partial charge in [0.2, 0.25) is 5.91 Å². The molecule has 3 rings (SSSR count). The molecule has 8 nitrogen and oxygen atoms in total. The van der Waals surface area contributed by atoms with Gasteiger partial charge in [0.15, 0.2) is 5.16 Å². The summed E-state index contributed by atoms with van der Waals surface area (Å²) in [4.78, 5) is 33.3. The van der Waals surface area contributed by atoms with E-state index in [0.717, 1.165) is 12.1 Å². The number of carbonyl (C=O) groups is 1. The molecule has 0 fully saturated rings. The van der Waals surface area contributed by atoms with Gasteiger partial charge in [-0.1, -0.05) is 18.7 Å². The number of amides is 1. The first-order valence-corrected chi connectivity index (χ1v) is 10.6. The Balaban J connectivity index is 1.83. The Hall–Kier alpha value is -2.94. The Labute approximate surface area is 179 Å². The summed E-state index contributed by atoms with van der Waals surface area (Å²) in [5.41, 5.74) is 2.42. The first-order valence-electron chi connectivity index (χ1n) is 9.63. The molecule has 2 aromatic heterocycles. The minimum absolute atomic E-state index is 0.0359. The van der Waals surface area contributed by atoms with E-state index >= 15 is 0 Å². The summed E-state index contributed by atoms with van der Waals surface area (Å²) in [5, 5.41) is 3.37. The number of rotatable bonds is 8. The van der Waals surface area contributed by atoms with Gasteiger partial charge in [0, 0.05) is 35.6 Å². The van der Waals surface area contributed by atoms with E-state index in [-0.39, 0.29) is 23.3 Å². The zero-order valence-electron chi connectivity index (χ0n) is 17.7. The van der Waals surface area contributed by atoms with Gasteiger partial charge in [-0.05, 0) is 26.3 Å². The minimum Gasteiger partial charge on any atom is -0.497 e. The fourth-order valence-electron chi connectivity index (χ4n) is 3.07. The maximum atomic E-state index is 13.0. The zero-order chi connectivity index (χ0) is 21.8. The molecule has 160 valence electrons. The lowest BCUT2D eigenvalue weighted by atomic mass is 10.2. The second-order valence-corrected chi connectivity index (χ2v) is 7.92. The first kappa shape index (κ1) is 21.8. The van der Waals surface area contributed by atoms with Crippen LogP contribution < -0.4 is 20.3 Å².